The minimum Gasteiger partial charge on any atom is -0.435 e. The zero-order valence-electron chi connectivity index (χ0n) is 10.8. The lowest BCUT2D eigenvalue weighted by Gasteiger charge is -2.10. The van der Waals surface area contributed by atoms with E-state index in [1.54, 1.807) is 41.2 Å². The fraction of sp³-hybridized carbons (Fsp3) is 0.286. The monoisotopic (exact) mass is 278 g/mol. The van der Waals surface area contributed by atoms with Crippen LogP contribution in [0.2, 0.25) is 5.02 Å². The molecule has 0 unspecified atom stereocenters. The predicted molar refractivity (Wildman–Crippen MR) is 74.9 cm³/mol. The topological polar surface area (TPSA) is 44.1 Å². The standard InChI is InChI=1S/C14H15ClN2O2/c1-10(2)9-17-8-7-16-13(14(17)18)19-12-5-3-11(15)4-6-12/h3-8,10H,9H2,1-2H3. The van der Waals surface area contributed by atoms with Crippen LogP contribution in [0.4, 0.5) is 0 Å². The van der Waals surface area contributed by atoms with Crippen molar-refractivity contribution in [1.29, 1.82) is 0 Å². The van der Waals surface area contributed by atoms with Crippen molar-refractivity contribution in [3.63, 3.8) is 0 Å². The van der Waals surface area contributed by atoms with Gasteiger partial charge >= 0.3 is 5.56 Å². The Morgan fingerprint density at radius 3 is 2.63 bits per heavy atom. The van der Waals surface area contributed by atoms with Crippen molar-refractivity contribution in [2.24, 2.45) is 5.92 Å². The van der Waals surface area contributed by atoms with Gasteiger partial charge in [-0.15, -0.1) is 0 Å². The summed E-state index contributed by atoms with van der Waals surface area (Å²) < 4.78 is 7.08. The van der Waals surface area contributed by atoms with E-state index in [4.69, 9.17) is 16.3 Å². The lowest BCUT2D eigenvalue weighted by molar-refractivity contribution is 0.432. The van der Waals surface area contributed by atoms with Crippen LogP contribution in [0.3, 0.4) is 0 Å². The Morgan fingerprint density at radius 1 is 1.32 bits per heavy atom. The Balaban J connectivity index is 2.25. The Morgan fingerprint density at radius 2 is 2.00 bits per heavy atom. The zero-order valence-corrected chi connectivity index (χ0v) is 11.6. The Bertz CT molecular complexity index is 606. The maximum atomic E-state index is 12.1. The van der Waals surface area contributed by atoms with Gasteiger partial charge in [0.2, 0.25) is 0 Å². The molecule has 0 radical (unpaired) electrons. The summed E-state index contributed by atoms with van der Waals surface area (Å²) in [5, 5.41) is 0.616. The van der Waals surface area contributed by atoms with Crippen molar-refractivity contribution in [3.05, 3.63) is 52.0 Å². The van der Waals surface area contributed by atoms with Crippen molar-refractivity contribution in [2.45, 2.75) is 20.4 Å². The highest BCUT2D eigenvalue weighted by Crippen LogP contribution is 2.19. The van der Waals surface area contributed by atoms with Crippen LogP contribution in [0.15, 0.2) is 41.5 Å². The fourth-order valence-corrected chi connectivity index (χ4v) is 1.77. The van der Waals surface area contributed by atoms with E-state index in [2.05, 4.69) is 4.98 Å². The van der Waals surface area contributed by atoms with E-state index in [0.717, 1.165) is 0 Å². The average Bonchev–Trinajstić information content (AvgIpc) is 2.36. The van der Waals surface area contributed by atoms with Gasteiger partial charge in [0.05, 0.1) is 0 Å². The first-order chi connectivity index (χ1) is 9.06. The van der Waals surface area contributed by atoms with Gasteiger partial charge in [0.25, 0.3) is 5.88 Å². The molecular weight excluding hydrogens is 264 g/mol. The third-order valence-corrected chi connectivity index (χ3v) is 2.72. The minimum atomic E-state index is -0.230. The molecule has 0 aliphatic heterocycles. The lowest BCUT2D eigenvalue weighted by Crippen LogP contribution is -2.23. The second-order valence-electron chi connectivity index (χ2n) is 4.64. The molecule has 1 aromatic heterocycles. The molecule has 19 heavy (non-hydrogen) atoms. The highest BCUT2D eigenvalue weighted by atomic mass is 35.5. The highest BCUT2D eigenvalue weighted by Gasteiger charge is 2.08. The number of hydrogen-bond acceptors (Lipinski definition) is 3. The van der Waals surface area contributed by atoms with Crippen LogP contribution in [0.5, 0.6) is 11.6 Å². The molecule has 4 nitrogen and oxygen atoms in total. The van der Waals surface area contributed by atoms with Gasteiger partial charge in [-0.1, -0.05) is 25.4 Å². The quantitative estimate of drug-likeness (QED) is 0.861. The predicted octanol–water partition coefficient (Wildman–Crippen LogP) is 3.35. The number of rotatable bonds is 4. The molecule has 1 aromatic carbocycles. The minimum absolute atomic E-state index is 0.0745. The molecule has 0 atom stereocenters. The molecule has 0 saturated carbocycles. The van der Waals surface area contributed by atoms with Crippen LogP contribution in [-0.2, 0) is 6.54 Å². The summed E-state index contributed by atoms with van der Waals surface area (Å²) in [5.41, 5.74) is -0.230. The van der Waals surface area contributed by atoms with E-state index < -0.39 is 0 Å². The lowest BCUT2D eigenvalue weighted by atomic mass is 10.2. The van der Waals surface area contributed by atoms with E-state index in [1.807, 2.05) is 13.8 Å². The molecule has 0 fully saturated rings. The third-order valence-electron chi connectivity index (χ3n) is 2.47. The number of nitrogens with zero attached hydrogens (tertiary/aromatic N) is 2. The molecule has 0 spiro atoms. The van der Waals surface area contributed by atoms with Gasteiger partial charge in [-0.2, -0.15) is 0 Å². The summed E-state index contributed by atoms with van der Waals surface area (Å²) >= 11 is 5.79. The van der Waals surface area contributed by atoms with Crippen LogP contribution < -0.4 is 10.3 Å². The number of benzene rings is 1. The maximum absolute atomic E-state index is 12.1. The highest BCUT2D eigenvalue weighted by molar-refractivity contribution is 6.30. The van der Waals surface area contributed by atoms with Gasteiger partial charge < -0.3 is 9.30 Å². The summed E-state index contributed by atoms with van der Waals surface area (Å²) in [7, 11) is 0. The van der Waals surface area contributed by atoms with Crippen LogP contribution >= 0.6 is 11.6 Å². The summed E-state index contributed by atoms with van der Waals surface area (Å²) in [4.78, 5) is 16.1. The van der Waals surface area contributed by atoms with Gasteiger partial charge in [-0.25, -0.2) is 4.98 Å². The zero-order chi connectivity index (χ0) is 13.8. The summed E-state index contributed by atoms with van der Waals surface area (Å²) in [6.45, 7) is 4.73. The van der Waals surface area contributed by atoms with Gasteiger partial charge in [0, 0.05) is 24.0 Å². The molecule has 1 heterocycles. The van der Waals surface area contributed by atoms with E-state index in [0.29, 0.717) is 23.2 Å². The van der Waals surface area contributed by atoms with E-state index in [9.17, 15) is 4.79 Å². The molecule has 0 saturated heterocycles. The third kappa shape index (κ3) is 3.58. The molecule has 0 aliphatic rings. The molecule has 5 heteroatoms. The number of ether oxygens (including phenoxy) is 1. The van der Waals surface area contributed by atoms with Crippen LogP contribution in [0.1, 0.15) is 13.8 Å². The molecule has 100 valence electrons. The van der Waals surface area contributed by atoms with E-state index >= 15 is 0 Å². The summed E-state index contributed by atoms with van der Waals surface area (Å²) in [6.07, 6.45) is 3.23. The smallest absolute Gasteiger partial charge is 0.313 e. The normalized spacial score (nSPS) is 10.7. The van der Waals surface area contributed by atoms with E-state index in [-0.39, 0.29) is 11.4 Å². The Labute approximate surface area is 116 Å². The molecule has 0 bridgehead atoms. The van der Waals surface area contributed by atoms with Gasteiger partial charge in [-0.05, 0) is 30.2 Å². The Hall–Kier alpha value is -1.81. The van der Waals surface area contributed by atoms with Crippen molar-refractivity contribution >= 4 is 11.6 Å². The number of hydrogen-bond donors (Lipinski definition) is 0. The molecule has 2 rings (SSSR count). The second-order valence-corrected chi connectivity index (χ2v) is 5.08. The van der Waals surface area contributed by atoms with Crippen LogP contribution in [0.25, 0.3) is 0 Å². The van der Waals surface area contributed by atoms with Crippen molar-refractivity contribution < 1.29 is 4.74 Å². The average molecular weight is 279 g/mol. The second kappa shape index (κ2) is 5.89. The molecule has 2 aromatic rings. The first-order valence-corrected chi connectivity index (χ1v) is 6.43. The maximum Gasteiger partial charge on any atom is 0.313 e. The van der Waals surface area contributed by atoms with Crippen molar-refractivity contribution in [1.82, 2.24) is 9.55 Å². The fourth-order valence-electron chi connectivity index (χ4n) is 1.65. The first-order valence-electron chi connectivity index (χ1n) is 6.05. The SMILES string of the molecule is CC(C)Cn1ccnc(Oc2ccc(Cl)cc2)c1=O. The molecular formula is C14H15ClN2O2. The van der Waals surface area contributed by atoms with Crippen LogP contribution in [-0.4, -0.2) is 9.55 Å². The largest absolute Gasteiger partial charge is 0.435 e. The molecule has 0 aliphatic carbocycles. The summed E-state index contributed by atoms with van der Waals surface area (Å²) in [6, 6.07) is 6.80. The number of halogens is 1. The van der Waals surface area contributed by atoms with Gasteiger partial charge in [0.15, 0.2) is 0 Å². The molecule has 0 N–H and O–H groups in total. The summed E-state index contributed by atoms with van der Waals surface area (Å²) in [5.74, 6) is 0.991. The first kappa shape index (κ1) is 13.6. The number of aromatic nitrogens is 2. The molecule has 0 amide bonds. The Kier molecular flexibility index (Phi) is 4.22. The van der Waals surface area contributed by atoms with Gasteiger partial charge in [0.1, 0.15) is 5.75 Å². The van der Waals surface area contributed by atoms with Crippen molar-refractivity contribution in [3.8, 4) is 11.6 Å². The van der Waals surface area contributed by atoms with Crippen molar-refractivity contribution in [2.75, 3.05) is 0 Å². The van der Waals surface area contributed by atoms with E-state index in [1.165, 1.54) is 0 Å². The van der Waals surface area contributed by atoms with Crippen LogP contribution in [0, 0.1) is 5.92 Å². The van der Waals surface area contributed by atoms with Gasteiger partial charge in [-0.3, -0.25) is 4.79 Å².